The minimum Gasteiger partial charge on any atom is -0.341 e. The number of alkyl halides is 3. The average Bonchev–Trinajstić information content (AvgIpc) is 3.50. The largest absolute Gasteiger partial charge is 0.416 e. The number of pyridine rings is 2. The third-order valence-electron chi connectivity index (χ3n) is 6.42. The summed E-state index contributed by atoms with van der Waals surface area (Å²) < 4.78 is 38.4. The molecule has 1 aromatic carbocycles. The lowest BCUT2D eigenvalue weighted by molar-refractivity contribution is -0.137. The van der Waals surface area contributed by atoms with Crippen molar-refractivity contribution < 1.29 is 18.0 Å². The van der Waals surface area contributed by atoms with Crippen molar-refractivity contribution in [2.75, 3.05) is 5.75 Å². The van der Waals surface area contributed by atoms with Crippen LogP contribution in [0, 0.1) is 0 Å². The molecular weight excluding hydrogens is 473 g/mol. The fraction of sp³-hybridized carbons (Fsp3) is 0.346. The molecule has 1 aliphatic carbocycles. The van der Waals surface area contributed by atoms with Crippen molar-refractivity contribution in [3.05, 3.63) is 88.5 Å². The van der Waals surface area contributed by atoms with Crippen LogP contribution in [0.1, 0.15) is 58.2 Å². The minimum atomic E-state index is -4.34. The van der Waals surface area contributed by atoms with Crippen LogP contribution in [0.4, 0.5) is 13.2 Å². The Balaban J connectivity index is 1.22. The van der Waals surface area contributed by atoms with E-state index in [-0.39, 0.29) is 5.91 Å². The quantitative estimate of drug-likeness (QED) is 0.434. The van der Waals surface area contributed by atoms with Crippen molar-refractivity contribution in [2.24, 2.45) is 0 Å². The summed E-state index contributed by atoms with van der Waals surface area (Å²) in [5, 5.41) is 3.16. The Morgan fingerprint density at radius 1 is 1.09 bits per heavy atom. The number of carbonyl (C=O) groups excluding carboxylic acids is 1. The molecule has 9 heteroatoms. The van der Waals surface area contributed by atoms with Gasteiger partial charge in [-0.05, 0) is 60.1 Å². The molecular formula is C26H25F3N4OS. The number of carbonyl (C=O) groups is 1. The van der Waals surface area contributed by atoms with Crippen LogP contribution in [0.15, 0.2) is 59.8 Å². The standard InChI is InChI=1S/C26H25F3N4OS/c1-2-35-21-7-8-23(31-13-21)25(9-10-25)32-24(34)18-11-19-15-33(16-22(19)30-12-18)14-17-3-5-20(6-4-17)26(27,28)29/h3-8,11-13H,2,9-10,14-16H2,1H3,(H,32,34). The maximum absolute atomic E-state index is 13.0. The van der Waals surface area contributed by atoms with E-state index < -0.39 is 17.3 Å². The van der Waals surface area contributed by atoms with E-state index in [2.05, 4.69) is 27.1 Å². The van der Waals surface area contributed by atoms with E-state index >= 15 is 0 Å². The van der Waals surface area contributed by atoms with Crippen LogP contribution in [0.5, 0.6) is 0 Å². The molecule has 182 valence electrons. The smallest absolute Gasteiger partial charge is 0.341 e. The lowest BCUT2D eigenvalue weighted by Gasteiger charge is -2.17. The highest BCUT2D eigenvalue weighted by molar-refractivity contribution is 7.99. The van der Waals surface area contributed by atoms with Crippen molar-refractivity contribution in [1.29, 1.82) is 0 Å². The first-order valence-electron chi connectivity index (χ1n) is 11.5. The number of rotatable bonds is 7. The molecule has 0 saturated heterocycles. The number of amides is 1. The van der Waals surface area contributed by atoms with Gasteiger partial charge < -0.3 is 5.32 Å². The maximum Gasteiger partial charge on any atom is 0.416 e. The van der Waals surface area contributed by atoms with Gasteiger partial charge in [-0.1, -0.05) is 19.1 Å². The van der Waals surface area contributed by atoms with Crippen molar-refractivity contribution in [1.82, 2.24) is 20.2 Å². The van der Waals surface area contributed by atoms with Gasteiger partial charge in [0.15, 0.2) is 0 Å². The molecule has 0 unspecified atom stereocenters. The lowest BCUT2D eigenvalue weighted by Crippen LogP contribution is -2.35. The predicted octanol–water partition coefficient (Wildman–Crippen LogP) is 5.54. The number of halogens is 3. The molecule has 1 aliphatic heterocycles. The first-order valence-corrected chi connectivity index (χ1v) is 12.5. The SMILES string of the molecule is CCSc1ccc(C2(NC(=O)c3cnc4c(c3)CN(Cc3ccc(C(F)(F)F)cc3)C4)CC2)nc1. The van der Waals surface area contributed by atoms with Crippen LogP contribution in [0.3, 0.4) is 0 Å². The molecule has 2 aromatic heterocycles. The van der Waals surface area contributed by atoms with Gasteiger partial charge in [-0.3, -0.25) is 19.7 Å². The number of hydrogen-bond acceptors (Lipinski definition) is 5. The number of aromatic nitrogens is 2. The molecule has 1 saturated carbocycles. The van der Waals surface area contributed by atoms with Crippen LogP contribution in [-0.4, -0.2) is 26.5 Å². The predicted molar refractivity (Wildman–Crippen MR) is 128 cm³/mol. The molecule has 5 rings (SSSR count). The Morgan fingerprint density at radius 2 is 1.86 bits per heavy atom. The highest BCUT2D eigenvalue weighted by Crippen LogP contribution is 2.45. The molecule has 1 amide bonds. The van der Waals surface area contributed by atoms with Gasteiger partial charge in [0.05, 0.1) is 28.1 Å². The highest BCUT2D eigenvalue weighted by atomic mass is 32.2. The van der Waals surface area contributed by atoms with Crippen LogP contribution < -0.4 is 5.32 Å². The van der Waals surface area contributed by atoms with Gasteiger partial charge in [0.2, 0.25) is 0 Å². The summed E-state index contributed by atoms with van der Waals surface area (Å²) in [6.45, 7) is 3.79. The topological polar surface area (TPSA) is 58.1 Å². The summed E-state index contributed by atoms with van der Waals surface area (Å²) in [4.78, 5) is 25.3. The van der Waals surface area contributed by atoms with E-state index in [0.29, 0.717) is 25.2 Å². The van der Waals surface area contributed by atoms with Gasteiger partial charge >= 0.3 is 6.18 Å². The van der Waals surface area contributed by atoms with Crippen molar-refractivity contribution in [3.63, 3.8) is 0 Å². The fourth-order valence-electron chi connectivity index (χ4n) is 4.39. The number of nitrogens with zero attached hydrogens (tertiary/aromatic N) is 3. The molecule has 5 nitrogen and oxygen atoms in total. The number of hydrogen-bond donors (Lipinski definition) is 1. The summed E-state index contributed by atoms with van der Waals surface area (Å²) in [6, 6.07) is 11.1. The second-order valence-corrected chi connectivity index (χ2v) is 10.4. The average molecular weight is 499 g/mol. The van der Waals surface area contributed by atoms with Crippen molar-refractivity contribution >= 4 is 17.7 Å². The summed E-state index contributed by atoms with van der Waals surface area (Å²) in [7, 11) is 0. The zero-order valence-electron chi connectivity index (χ0n) is 19.2. The van der Waals surface area contributed by atoms with Gasteiger partial charge in [0.25, 0.3) is 5.91 Å². The van der Waals surface area contributed by atoms with Crippen LogP contribution in [-0.2, 0) is 31.3 Å². The van der Waals surface area contributed by atoms with E-state index in [9.17, 15) is 18.0 Å². The van der Waals surface area contributed by atoms with Crippen molar-refractivity contribution in [3.8, 4) is 0 Å². The molecule has 35 heavy (non-hydrogen) atoms. The molecule has 3 heterocycles. The summed E-state index contributed by atoms with van der Waals surface area (Å²) >= 11 is 1.73. The number of benzene rings is 1. The van der Waals surface area contributed by atoms with Crippen LogP contribution >= 0.6 is 11.8 Å². The molecule has 0 atom stereocenters. The summed E-state index contributed by atoms with van der Waals surface area (Å²) in [6.07, 6.45) is 0.824. The van der Waals surface area contributed by atoms with E-state index in [1.807, 2.05) is 24.4 Å². The van der Waals surface area contributed by atoms with Gasteiger partial charge in [-0.2, -0.15) is 13.2 Å². The lowest BCUT2D eigenvalue weighted by atomic mass is 10.1. The second kappa shape index (κ2) is 9.28. The van der Waals surface area contributed by atoms with Crippen molar-refractivity contribution in [2.45, 2.75) is 56.0 Å². The zero-order chi connectivity index (χ0) is 24.6. The maximum atomic E-state index is 13.0. The number of fused-ring (bicyclic) bond motifs is 1. The van der Waals surface area contributed by atoms with Gasteiger partial charge in [0, 0.05) is 36.9 Å². The first-order chi connectivity index (χ1) is 16.8. The minimum absolute atomic E-state index is 0.173. The molecule has 0 radical (unpaired) electrons. The molecule has 3 aromatic rings. The van der Waals surface area contributed by atoms with Gasteiger partial charge in [-0.25, -0.2) is 0 Å². The summed E-state index contributed by atoms with van der Waals surface area (Å²) in [5.74, 6) is 0.809. The molecule has 1 N–H and O–H groups in total. The summed E-state index contributed by atoms with van der Waals surface area (Å²) in [5.41, 5.74) is 2.97. The highest BCUT2D eigenvalue weighted by Gasteiger charge is 2.47. The Morgan fingerprint density at radius 3 is 2.49 bits per heavy atom. The Bertz CT molecular complexity index is 1220. The van der Waals surface area contributed by atoms with Crippen LogP contribution in [0.2, 0.25) is 0 Å². The fourth-order valence-corrected chi connectivity index (χ4v) is 5.02. The third kappa shape index (κ3) is 5.21. The third-order valence-corrected chi connectivity index (χ3v) is 7.28. The monoisotopic (exact) mass is 498 g/mol. The molecule has 2 aliphatic rings. The van der Waals surface area contributed by atoms with E-state index in [1.165, 1.54) is 12.1 Å². The number of thioether (sulfide) groups is 1. The molecule has 0 spiro atoms. The van der Waals surface area contributed by atoms with Gasteiger partial charge in [-0.15, -0.1) is 11.8 Å². The Kier molecular flexibility index (Phi) is 6.31. The number of nitrogens with one attached hydrogen (secondary N) is 1. The normalized spacial score (nSPS) is 16.7. The van der Waals surface area contributed by atoms with E-state index in [1.54, 1.807) is 18.0 Å². The van der Waals surface area contributed by atoms with E-state index in [0.717, 1.165) is 58.1 Å². The van der Waals surface area contributed by atoms with Crippen LogP contribution in [0.25, 0.3) is 0 Å². The first kappa shape index (κ1) is 23.8. The molecule has 1 fully saturated rings. The Labute approximate surface area is 206 Å². The van der Waals surface area contributed by atoms with E-state index in [4.69, 9.17) is 0 Å². The van der Waals surface area contributed by atoms with Gasteiger partial charge in [0.1, 0.15) is 0 Å². The second-order valence-electron chi connectivity index (χ2n) is 9.02. The Hall–Kier alpha value is -2.91. The molecule has 0 bridgehead atoms. The zero-order valence-corrected chi connectivity index (χ0v) is 20.0.